The average molecular weight is 587 g/mol. The monoisotopic (exact) mass is 586 g/mol. The highest BCUT2D eigenvalue weighted by molar-refractivity contribution is 7.99. The molecule has 39 heavy (non-hydrogen) atoms. The number of carbonyl (C=O) groups is 1. The summed E-state index contributed by atoms with van der Waals surface area (Å²) in [5.41, 5.74) is -0.107. The van der Waals surface area contributed by atoms with Crippen LogP contribution in [0, 0.1) is 0 Å². The summed E-state index contributed by atoms with van der Waals surface area (Å²) in [4.78, 5) is 16.2. The first kappa shape index (κ1) is 36.2. The Morgan fingerprint density at radius 3 is 2.08 bits per heavy atom. The van der Waals surface area contributed by atoms with E-state index in [1.165, 1.54) is 94.1 Å². The van der Waals surface area contributed by atoms with Gasteiger partial charge in [0.2, 0.25) is 0 Å². The molecule has 1 rings (SSSR count). The molecule has 3 unspecified atom stereocenters. The third kappa shape index (κ3) is 18.3. The van der Waals surface area contributed by atoms with Gasteiger partial charge in [0, 0.05) is 0 Å². The molecule has 0 radical (unpaired) electrons. The van der Waals surface area contributed by atoms with Crippen LogP contribution >= 0.6 is 19.4 Å². The molecular weight excluding hydrogens is 531 g/mol. The van der Waals surface area contributed by atoms with E-state index in [1.807, 2.05) is 0 Å². The van der Waals surface area contributed by atoms with Crippen LogP contribution in [0.15, 0.2) is 30.3 Å². The van der Waals surface area contributed by atoms with E-state index in [0.717, 1.165) is 19.3 Å². The van der Waals surface area contributed by atoms with Crippen molar-refractivity contribution in [2.45, 2.75) is 136 Å². The first-order valence-electron chi connectivity index (χ1n) is 15.4. The molecule has 0 bridgehead atoms. The van der Waals surface area contributed by atoms with Gasteiger partial charge in [-0.2, -0.15) is 11.8 Å². The van der Waals surface area contributed by atoms with Gasteiger partial charge in [-0.3, -0.25) is 4.52 Å². The van der Waals surface area contributed by atoms with E-state index in [4.69, 9.17) is 19.2 Å². The molecule has 0 aliphatic carbocycles. The van der Waals surface area contributed by atoms with Crippen molar-refractivity contribution in [3.63, 3.8) is 0 Å². The van der Waals surface area contributed by atoms with Crippen LogP contribution in [0.25, 0.3) is 0 Å². The van der Waals surface area contributed by atoms with E-state index < -0.39 is 13.3 Å². The Morgan fingerprint density at radius 1 is 0.821 bits per heavy atom. The van der Waals surface area contributed by atoms with Crippen molar-refractivity contribution in [2.24, 2.45) is 0 Å². The highest BCUT2D eigenvalue weighted by Gasteiger charge is 2.37. The van der Waals surface area contributed by atoms with Gasteiger partial charge < -0.3 is 5.11 Å². The van der Waals surface area contributed by atoms with Crippen molar-refractivity contribution in [1.82, 2.24) is 0 Å². The molecule has 0 spiro atoms. The molecule has 3 atom stereocenters. The van der Waals surface area contributed by atoms with Crippen LogP contribution < -0.4 is 0 Å². The Kier molecular flexibility index (Phi) is 22.1. The minimum atomic E-state index is -4.27. The Hall–Kier alpha value is -0.850. The van der Waals surface area contributed by atoms with Crippen LogP contribution in [0.2, 0.25) is 0 Å². The third-order valence-electron chi connectivity index (χ3n) is 6.94. The molecule has 1 N–H and O–H groups in total. The summed E-state index contributed by atoms with van der Waals surface area (Å²) in [7, 11) is -4.27. The Balaban J connectivity index is 2.09. The zero-order valence-electron chi connectivity index (χ0n) is 24.8. The van der Waals surface area contributed by atoms with Gasteiger partial charge in [-0.1, -0.05) is 115 Å². The largest absolute Gasteiger partial charge is 0.472 e. The summed E-state index contributed by atoms with van der Waals surface area (Å²) >= 11 is 2.11. The van der Waals surface area contributed by atoms with Gasteiger partial charge in [-0.25, -0.2) is 14.2 Å². The van der Waals surface area contributed by atoms with E-state index in [9.17, 15) is 9.36 Å². The number of benzene rings is 1. The second-order valence-corrected chi connectivity index (χ2v) is 13.6. The fourth-order valence-corrected chi connectivity index (χ4v) is 6.51. The van der Waals surface area contributed by atoms with Gasteiger partial charge in [0.25, 0.3) is 0 Å². The van der Waals surface area contributed by atoms with Crippen LogP contribution in [-0.2, 0) is 18.7 Å². The van der Waals surface area contributed by atoms with E-state index in [1.54, 1.807) is 13.8 Å². The summed E-state index contributed by atoms with van der Waals surface area (Å²) < 4.78 is 21.7. The van der Waals surface area contributed by atoms with Crippen LogP contribution in [0.3, 0.4) is 0 Å². The van der Waals surface area contributed by atoms with Gasteiger partial charge in [0.05, 0.1) is 12.7 Å². The van der Waals surface area contributed by atoms with Gasteiger partial charge in [0.15, 0.2) is 0 Å². The van der Waals surface area contributed by atoms with Gasteiger partial charge in [-0.05, 0) is 62.0 Å². The summed E-state index contributed by atoms with van der Waals surface area (Å²) in [5.74, 6) is 3.18. The molecule has 8 heteroatoms. The number of carboxylic acid groups (broad SMARTS) is 1. The molecule has 0 aliphatic heterocycles. The predicted octanol–water partition coefficient (Wildman–Crippen LogP) is 11.0. The van der Waals surface area contributed by atoms with E-state index in [0.29, 0.717) is 12.3 Å². The average Bonchev–Trinajstić information content (AvgIpc) is 2.94. The molecule has 0 heterocycles. The molecule has 0 aliphatic rings. The third-order valence-corrected chi connectivity index (χ3v) is 9.32. The zero-order chi connectivity index (χ0) is 28.6. The quantitative estimate of drug-likeness (QED) is 0.0475. The van der Waals surface area contributed by atoms with Crippen molar-refractivity contribution in [1.29, 1.82) is 0 Å². The second-order valence-electron chi connectivity index (χ2n) is 10.6. The highest BCUT2D eigenvalue weighted by atomic mass is 32.2. The molecule has 0 saturated carbocycles. The standard InChI is InChI=1S/C31H55O6PS/c1-4-6-7-8-12-16-23-30(29-21-17-14-18-22-29)24-27-39-26-19-13-10-9-11-15-20-28(3)36-37-38(34,31(32)33)35-25-5-2/h14,17-18,21-22,28,30H,4-13,15-16,19-20,23-27H2,1-3H3,(H,32,33). The number of hydrogen-bond acceptors (Lipinski definition) is 6. The lowest BCUT2D eigenvalue weighted by Gasteiger charge is -2.17. The molecule has 1 aromatic carbocycles. The molecule has 226 valence electrons. The molecule has 6 nitrogen and oxygen atoms in total. The lowest BCUT2D eigenvalue weighted by molar-refractivity contribution is -0.247. The normalized spacial score (nSPS) is 14.6. The van der Waals surface area contributed by atoms with Crippen molar-refractivity contribution in [2.75, 3.05) is 18.1 Å². The van der Waals surface area contributed by atoms with E-state index in [-0.39, 0.29) is 12.7 Å². The Bertz CT molecular complexity index is 763. The van der Waals surface area contributed by atoms with Crippen LogP contribution in [0.4, 0.5) is 4.79 Å². The molecule has 1 aromatic rings. The first-order chi connectivity index (χ1) is 18.9. The van der Waals surface area contributed by atoms with Gasteiger partial charge in [0.1, 0.15) is 0 Å². The Labute approximate surface area is 242 Å². The smallest absolute Gasteiger partial charge is 0.464 e. The maximum absolute atomic E-state index is 12.1. The lowest BCUT2D eigenvalue weighted by atomic mass is 9.91. The lowest BCUT2D eigenvalue weighted by Crippen LogP contribution is -2.12. The molecule has 0 aromatic heterocycles. The fourth-order valence-electron chi connectivity index (χ4n) is 4.54. The van der Waals surface area contributed by atoms with Crippen molar-refractivity contribution in [3.8, 4) is 0 Å². The number of hydrogen-bond donors (Lipinski definition) is 1. The summed E-state index contributed by atoms with van der Waals surface area (Å²) in [5, 5.41) is 9.08. The minimum absolute atomic E-state index is 0.0489. The van der Waals surface area contributed by atoms with Gasteiger partial charge in [-0.15, -0.1) is 4.67 Å². The topological polar surface area (TPSA) is 82.1 Å². The fraction of sp³-hybridized carbons (Fsp3) is 0.774. The molecular formula is C31H55O6PS. The van der Waals surface area contributed by atoms with Crippen molar-refractivity contribution in [3.05, 3.63) is 35.9 Å². The van der Waals surface area contributed by atoms with Gasteiger partial charge >= 0.3 is 13.3 Å². The van der Waals surface area contributed by atoms with Crippen LogP contribution in [-0.4, -0.2) is 35.0 Å². The maximum atomic E-state index is 12.1. The summed E-state index contributed by atoms with van der Waals surface area (Å²) in [6, 6.07) is 11.1. The number of unbranched alkanes of at least 4 members (excludes halogenated alkanes) is 10. The SMILES string of the molecule is CCCCCCCCC(CCSCCCCCCCCC(C)OOP(=O)(OCCC)C(=O)O)c1ccccc1. The van der Waals surface area contributed by atoms with Crippen molar-refractivity contribution >= 4 is 25.1 Å². The minimum Gasteiger partial charge on any atom is -0.472 e. The summed E-state index contributed by atoms with van der Waals surface area (Å²) in [6.45, 7) is 5.92. The molecule has 0 fully saturated rings. The first-order valence-corrected chi connectivity index (χ1v) is 18.1. The predicted molar refractivity (Wildman–Crippen MR) is 165 cm³/mol. The zero-order valence-corrected chi connectivity index (χ0v) is 26.5. The van der Waals surface area contributed by atoms with E-state index in [2.05, 4.69) is 49.0 Å². The van der Waals surface area contributed by atoms with Crippen molar-refractivity contribution < 1.29 is 28.6 Å². The number of rotatable bonds is 27. The Morgan fingerprint density at radius 2 is 1.44 bits per heavy atom. The molecule has 0 amide bonds. The van der Waals surface area contributed by atoms with E-state index >= 15 is 0 Å². The van der Waals surface area contributed by atoms with Crippen LogP contribution in [0.1, 0.15) is 135 Å². The molecule has 0 saturated heterocycles. The maximum Gasteiger partial charge on any atom is 0.464 e. The summed E-state index contributed by atoms with van der Waals surface area (Å²) in [6.07, 6.45) is 18.7. The van der Waals surface area contributed by atoms with Crippen LogP contribution in [0.5, 0.6) is 0 Å². The second kappa shape index (κ2) is 23.8. The highest BCUT2D eigenvalue weighted by Crippen LogP contribution is 2.49. The number of thioether (sulfide) groups is 1.